The third-order valence-electron chi connectivity index (χ3n) is 4.43. The Morgan fingerprint density at radius 3 is 3.00 bits per heavy atom. The van der Waals surface area contributed by atoms with Crippen LogP contribution in [0.2, 0.25) is 0 Å². The van der Waals surface area contributed by atoms with E-state index in [1.54, 1.807) is 6.26 Å². The number of ether oxygens (including phenoxy) is 1. The zero-order chi connectivity index (χ0) is 13.2. The fraction of sp³-hybridized carbons (Fsp3) is 0.733. The van der Waals surface area contributed by atoms with Crippen molar-refractivity contribution in [2.24, 2.45) is 5.92 Å². The van der Waals surface area contributed by atoms with Crippen molar-refractivity contribution in [2.75, 3.05) is 33.8 Å². The summed E-state index contributed by atoms with van der Waals surface area (Å²) in [6, 6.07) is 4.53. The lowest BCUT2D eigenvalue weighted by Crippen LogP contribution is -2.59. The van der Waals surface area contributed by atoms with Crippen LogP contribution >= 0.6 is 0 Å². The van der Waals surface area contributed by atoms with Gasteiger partial charge in [-0.2, -0.15) is 0 Å². The first-order valence-electron chi connectivity index (χ1n) is 7.27. The molecule has 106 valence electrons. The van der Waals surface area contributed by atoms with Gasteiger partial charge in [0, 0.05) is 25.7 Å². The SMILES string of the molecule is CN(C)[C@@H]1CN(Cc2ccco2)C[C@@H]2CCCO[C@@H]21. The highest BCUT2D eigenvalue weighted by Gasteiger charge is 2.40. The first-order valence-corrected chi connectivity index (χ1v) is 7.27. The highest BCUT2D eigenvalue weighted by Crippen LogP contribution is 2.31. The standard InChI is InChI=1S/C15H24N2O2/c1-16(2)14-11-17(10-13-6-4-7-18-13)9-12-5-3-8-19-15(12)14/h4,6-7,12,14-15H,3,5,8-11H2,1-2H3/t12-,14+,15-/m0/s1. The molecule has 1 aromatic rings. The van der Waals surface area contributed by atoms with E-state index >= 15 is 0 Å². The summed E-state index contributed by atoms with van der Waals surface area (Å²) < 4.78 is 11.5. The van der Waals surface area contributed by atoms with Crippen LogP contribution in [0, 0.1) is 5.92 Å². The van der Waals surface area contributed by atoms with Crippen molar-refractivity contribution in [3.63, 3.8) is 0 Å². The molecule has 4 heteroatoms. The summed E-state index contributed by atoms with van der Waals surface area (Å²) in [5.74, 6) is 1.73. The fourth-order valence-electron chi connectivity index (χ4n) is 3.47. The van der Waals surface area contributed by atoms with Crippen LogP contribution in [0.1, 0.15) is 18.6 Å². The molecule has 2 aliphatic rings. The quantitative estimate of drug-likeness (QED) is 0.833. The molecule has 2 aliphatic heterocycles. The Labute approximate surface area is 115 Å². The van der Waals surface area contributed by atoms with Crippen LogP contribution in [-0.4, -0.2) is 55.7 Å². The minimum absolute atomic E-state index is 0.414. The zero-order valence-electron chi connectivity index (χ0n) is 11.9. The summed E-state index contributed by atoms with van der Waals surface area (Å²) in [7, 11) is 4.33. The van der Waals surface area contributed by atoms with Crippen LogP contribution in [-0.2, 0) is 11.3 Å². The van der Waals surface area contributed by atoms with E-state index in [9.17, 15) is 0 Å². The molecular formula is C15H24N2O2. The van der Waals surface area contributed by atoms with Gasteiger partial charge in [0.2, 0.25) is 0 Å². The molecule has 0 spiro atoms. The highest BCUT2D eigenvalue weighted by molar-refractivity contribution is 5.00. The molecule has 0 aromatic carbocycles. The average molecular weight is 264 g/mol. The first-order chi connectivity index (χ1) is 9.24. The number of hydrogen-bond acceptors (Lipinski definition) is 4. The molecule has 0 saturated carbocycles. The minimum atomic E-state index is 0.414. The Kier molecular flexibility index (Phi) is 3.91. The molecule has 0 aliphatic carbocycles. The third-order valence-corrected chi connectivity index (χ3v) is 4.43. The molecule has 0 radical (unpaired) electrons. The third kappa shape index (κ3) is 2.86. The number of piperidine rings is 1. The van der Waals surface area contributed by atoms with Crippen LogP contribution in [0.3, 0.4) is 0 Å². The average Bonchev–Trinajstić information content (AvgIpc) is 2.90. The Morgan fingerprint density at radius 1 is 1.37 bits per heavy atom. The molecule has 4 nitrogen and oxygen atoms in total. The Morgan fingerprint density at radius 2 is 2.26 bits per heavy atom. The van der Waals surface area contributed by atoms with Gasteiger partial charge >= 0.3 is 0 Å². The van der Waals surface area contributed by atoms with Gasteiger partial charge in [0.05, 0.1) is 18.9 Å². The van der Waals surface area contributed by atoms with E-state index in [1.165, 1.54) is 12.8 Å². The molecule has 0 unspecified atom stereocenters. The van der Waals surface area contributed by atoms with E-state index in [0.717, 1.165) is 32.0 Å². The Hall–Kier alpha value is -0.840. The van der Waals surface area contributed by atoms with E-state index in [0.29, 0.717) is 18.1 Å². The van der Waals surface area contributed by atoms with Crippen molar-refractivity contribution in [1.82, 2.24) is 9.80 Å². The van der Waals surface area contributed by atoms with Gasteiger partial charge in [0.25, 0.3) is 0 Å². The molecule has 0 bridgehead atoms. The molecule has 0 N–H and O–H groups in total. The lowest BCUT2D eigenvalue weighted by atomic mass is 9.85. The molecule has 3 atom stereocenters. The van der Waals surface area contributed by atoms with Crippen molar-refractivity contribution in [3.8, 4) is 0 Å². The lowest BCUT2D eigenvalue weighted by molar-refractivity contribution is -0.108. The highest BCUT2D eigenvalue weighted by atomic mass is 16.5. The smallest absolute Gasteiger partial charge is 0.117 e. The summed E-state index contributed by atoms with van der Waals surface area (Å²) in [4.78, 5) is 4.83. The summed E-state index contributed by atoms with van der Waals surface area (Å²) in [6.07, 6.45) is 4.67. The molecule has 3 heterocycles. The first kappa shape index (κ1) is 13.2. The van der Waals surface area contributed by atoms with Crippen LogP contribution in [0.15, 0.2) is 22.8 Å². The number of nitrogens with zero attached hydrogens (tertiary/aromatic N) is 2. The zero-order valence-corrected chi connectivity index (χ0v) is 11.9. The van der Waals surface area contributed by atoms with Crippen molar-refractivity contribution in [3.05, 3.63) is 24.2 Å². The lowest BCUT2D eigenvalue weighted by Gasteiger charge is -2.47. The molecule has 1 aromatic heterocycles. The summed E-state index contributed by atoms with van der Waals surface area (Å²) in [6.45, 7) is 4.05. The number of furan rings is 1. The predicted octanol–water partition coefficient (Wildman–Crippen LogP) is 1.82. The van der Waals surface area contributed by atoms with Gasteiger partial charge < -0.3 is 14.1 Å². The van der Waals surface area contributed by atoms with E-state index in [1.807, 2.05) is 6.07 Å². The Bertz CT molecular complexity index is 391. The topological polar surface area (TPSA) is 28.9 Å². The van der Waals surface area contributed by atoms with Crippen LogP contribution < -0.4 is 0 Å². The normalized spacial score (nSPS) is 32.5. The van der Waals surface area contributed by atoms with E-state index < -0.39 is 0 Å². The summed E-state index contributed by atoms with van der Waals surface area (Å²) in [5, 5.41) is 0. The number of rotatable bonds is 3. The molecule has 19 heavy (non-hydrogen) atoms. The summed E-state index contributed by atoms with van der Waals surface area (Å²) in [5.41, 5.74) is 0. The number of likely N-dealkylation sites (N-methyl/N-ethyl adjacent to an activating group) is 1. The van der Waals surface area contributed by atoms with Gasteiger partial charge in [-0.15, -0.1) is 0 Å². The van der Waals surface area contributed by atoms with Gasteiger partial charge in [0.15, 0.2) is 0 Å². The van der Waals surface area contributed by atoms with Gasteiger partial charge in [-0.05, 0) is 45.0 Å². The van der Waals surface area contributed by atoms with Gasteiger partial charge in [-0.1, -0.05) is 0 Å². The molecular weight excluding hydrogens is 240 g/mol. The number of hydrogen-bond donors (Lipinski definition) is 0. The van der Waals surface area contributed by atoms with Crippen molar-refractivity contribution in [2.45, 2.75) is 31.5 Å². The maximum atomic E-state index is 6.05. The fourth-order valence-corrected chi connectivity index (χ4v) is 3.47. The summed E-state index contributed by atoms with van der Waals surface area (Å²) >= 11 is 0. The second-order valence-corrected chi connectivity index (χ2v) is 6.04. The largest absolute Gasteiger partial charge is 0.468 e. The predicted molar refractivity (Wildman–Crippen MR) is 73.9 cm³/mol. The van der Waals surface area contributed by atoms with Gasteiger partial charge in [0.1, 0.15) is 5.76 Å². The van der Waals surface area contributed by atoms with E-state index in [4.69, 9.17) is 9.15 Å². The second kappa shape index (κ2) is 5.65. The Balaban J connectivity index is 1.70. The van der Waals surface area contributed by atoms with Gasteiger partial charge in [-0.25, -0.2) is 0 Å². The van der Waals surface area contributed by atoms with E-state index in [-0.39, 0.29) is 0 Å². The maximum absolute atomic E-state index is 6.05. The molecule has 3 rings (SSSR count). The monoisotopic (exact) mass is 264 g/mol. The maximum Gasteiger partial charge on any atom is 0.117 e. The molecule has 2 saturated heterocycles. The van der Waals surface area contributed by atoms with Crippen molar-refractivity contribution < 1.29 is 9.15 Å². The van der Waals surface area contributed by atoms with Crippen LogP contribution in [0.4, 0.5) is 0 Å². The van der Waals surface area contributed by atoms with Crippen molar-refractivity contribution in [1.29, 1.82) is 0 Å². The van der Waals surface area contributed by atoms with E-state index in [2.05, 4.69) is 30.0 Å². The minimum Gasteiger partial charge on any atom is -0.468 e. The molecule has 2 fully saturated rings. The molecule has 0 amide bonds. The number of fused-ring (bicyclic) bond motifs is 1. The van der Waals surface area contributed by atoms with Crippen molar-refractivity contribution >= 4 is 0 Å². The van der Waals surface area contributed by atoms with Crippen LogP contribution in [0.25, 0.3) is 0 Å². The second-order valence-electron chi connectivity index (χ2n) is 6.04. The van der Waals surface area contributed by atoms with Crippen LogP contribution in [0.5, 0.6) is 0 Å². The van der Waals surface area contributed by atoms with Gasteiger partial charge in [-0.3, -0.25) is 4.90 Å². The number of likely N-dealkylation sites (tertiary alicyclic amines) is 1.